The lowest BCUT2D eigenvalue weighted by atomic mass is 10.2. The Labute approximate surface area is 252 Å². The zero-order valence-electron chi connectivity index (χ0n) is 26.2. The highest BCUT2D eigenvalue weighted by molar-refractivity contribution is 5.69. The summed E-state index contributed by atoms with van der Waals surface area (Å²) < 4.78 is 64.2. The van der Waals surface area contributed by atoms with Gasteiger partial charge < -0.3 is 56.8 Å². The van der Waals surface area contributed by atoms with Gasteiger partial charge in [-0.25, -0.2) is 0 Å². The van der Waals surface area contributed by atoms with Gasteiger partial charge >= 0.3 is 5.97 Å². The van der Waals surface area contributed by atoms with Crippen LogP contribution < -0.4 is 0 Å². The van der Waals surface area contributed by atoms with Crippen molar-refractivity contribution in [2.45, 2.75) is 32.6 Å². The van der Waals surface area contributed by atoms with Crippen LogP contribution in [0.1, 0.15) is 32.6 Å². The zero-order chi connectivity index (χ0) is 30.4. The highest BCUT2D eigenvalue weighted by Crippen LogP contribution is 2.00. The molecule has 0 saturated carbocycles. The fraction of sp³-hybridized carbons (Fsp3) is 0.966. The third kappa shape index (κ3) is 37.1. The van der Waals surface area contributed by atoms with Gasteiger partial charge in [0.2, 0.25) is 0 Å². The van der Waals surface area contributed by atoms with Crippen LogP contribution in [-0.2, 0) is 61.6 Å². The predicted octanol–water partition coefficient (Wildman–Crippen LogP) is 1.92. The van der Waals surface area contributed by atoms with Gasteiger partial charge in [0.25, 0.3) is 0 Å². The lowest BCUT2D eigenvalue weighted by Crippen LogP contribution is -2.15. The summed E-state index contributed by atoms with van der Waals surface area (Å²) in [6, 6.07) is 0. The fourth-order valence-corrected chi connectivity index (χ4v) is 3.03. The smallest absolute Gasteiger partial charge is 0.305 e. The maximum atomic E-state index is 11.4. The van der Waals surface area contributed by atoms with Crippen LogP contribution in [0.15, 0.2) is 0 Å². The first-order chi connectivity index (χ1) is 20.8. The first-order valence-electron chi connectivity index (χ1n) is 15.2. The van der Waals surface area contributed by atoms with Crippen LogP contribution in [0.3, 0.4) is 0 Å². The number of esters is 1. The van der Waals surface area contributed by atoms with Gasteiger partial charge in [0, 0.05) is 13.5 Å². The molecule has 13 nitrogen and oxygen atoms in total. The highest BCUT2D eigenvalue weighted by Gasteiger charge is 2.02. The molecule has 0 fully saturated rings. The lowest BCUT2D eigenvalue weighted by Gasteiger charge is -2.09. The molecule has 252 valence electrons. The summed E-state index contributed by atoms with van der Waals surface area (Å²) in [5.74, 6) is -0.159. The maximum Gasteiger partial charge on any atom is 0.305 e. The number of unbranched alkanes of at least 4 members (excludes halogenated alkanes) is 2. The average Bonchev–Trinajstić information content (AvgIpc) is 2.99. The topological polar surface area (TPSA) is 128 Å². The van der Waals surface area contributed by atoms with Crippen molar-refractivity contribution in [2.24, 2.45) is 0 Å². The van der Waals surface area contributed by atoms with E-state index in [1.165, 1.54) is 0 Å². The summed E-state index contributed by atoms with van der Waals surface area (Å²) in [5, 5.41) is 0. The second-order valence-corrected chi connectivity index (χ2v) is 8.79. The molecule has 0 N–H and O–H groups in total. The minimum Gasteiger partial charge on any atom is -0.463 e. The largest absolute Gasteiger partial charge is 0.463 e. The maximum absolute atomic E-state index is 11.4. The van der Waals surface area contributed by atoms with Crippen LogP contribution in [0.2, 0.25) is 0 Å². The number of methoxy groups -OCH3 is 1. The van der Waals surface area contributed by atoms with Gasteiger partial charge in [-0.2, -0.15) is 0 Å². The molecule has 0 saturated heterocycles. The van der Waals surface area contributed by atoms with Gasteiger partial charge in [-0.1, -0.05) is 19.8 Å². The van der Waals surface area contributed by atoms with Gasteiger partial charge in [-0.3, -0.25) is 4.79 Å². The van der Waals surface area contributed by atoms with Gasteiger partial charge in [-0.05, 0) is 6.42 Å². The lowest BCUT2D eigenvalue weighted by molar-refractivity contribution is -0.145. The quantitative estimate of drug-likeness (QED) is 0.0747. The Kier molecular flexibility index (Phi) is 37.2. The minimum absolute atomic E-state index is 0.159. The molecule has 0 unspecified atom stereocenters. The third-order valence-corrected chi connectivity index (χ3v) is 5.26. The summed E-state index contributed by atoms with van der Waals surface area (Å²) in [6.45, 7) is 13.1. The number of carbonyl (C=O) groups excluding carboxylic acids is 1. The molecule has 0 aromatic rings. The molecule has 0 aliphatic carbocycles. The van der Waals surface area contributed by atoms with Crippen molar-refractivity contribution in [3.8, 4) is 0 Å². The molecule has 0 heterocycles. The molecule has 0 aliphatic rings. The predicted molar refractivity (Wildman–Crippen MR) is 155 cm³/mol. The molecule has 0 aliphatic heterocycles. The molecule has 0 radical (unpaired) electrons. The van der Waals surface area contributed by atoms with E-state index in [9.17, 15) is 4.79 Å². The van der Waals surface area contributed by atoms with Gasteiger partial charge in [0.1, 0.15) is 6.61 Å². The molecular formula is C29H58O13. The summed E-state index contributed by atoms with van der Waals surface area (Å²) >= 11 is 0. The minimum atomic E-state index is -0.159. The molecule has 0 atom stereocenters. The summed E-state index contributed by atoms with van der Waals surface area (Å²) in [7, 11) is 1.64. The van der Waals surface area contributed by atoms with Crippen molar-refractivity contribution in [2.75, 3.05) is 152 Å². The van der Waals surface area contributed by atoms with Crippen LogP contribution in [0, 0.1) is 0 Å². The van der Waals surface area contributed by atoms with Crippen molar-refractivity contribution in [3.63, 3.8) is 0 Å². The normalized spacial score (nSPS) is 11.4. The van der Waals surface area contributed by atoms with Crippen molar-refractivity contribution in [1.82, 2.24) is 0 Å². The molecule has 13 heteroatoms. The molecule has 0 aromatic heterocycles. The van der Waals surface area contributed by atoms with Crippen molar-refractivity contribution in [3.05, 3.63) is 0 Å². The van der Waals surface area contributed by atoms with E-state index in [0.29, 0.717) is 145 Å². The molecule has 42 heavy (non-hydrogen) atoms. The molecule has 0 aromatic carbocycles. The van der Waals surface area contributed by atoms with Crippen LogP contribution >= 0.6 is 0 Å². The number of carbonyl (C=O) groups is 1. The Morgan fingerprint density at radius 2 is 0.643 bits per heavy atom. The second-order valence-electron chi connectivity index (χ2n) is 8.79. The van der Waals surface area contributed by atoms with E-state index in [4.69, 9.17) is 56.8 Å². The molecule has 0 bridgehead atoms. The zero-order valence-corrected chi connectivity index (χ0v) is 26.2. The van der Waals surface area contributed by atoms with Gasteiger partial charge in [0.05, 0.1) is 139 Å². The van der Waals surface area contributed by atoms with Crippen molar-refractivity contribution >= 4 is 5.97 Å². The van der Waals surface area contributed by atoms with E-state index in [-0.39, 0.29) is 12.6 Å². The van der Waals surface area contributed by atoms with Crippen molar-refractivity contribution < 1.29 is 61.6 Å². The van der Waals surface area contributed by atoms with Crippen LogP contribution in [0.5, 0.6) is 0 Å². The Morgan fingerprint density at radius 3 is 0.905 bits per heavy atom. The van der Waals surface area contributed by atoms with Crippen molar-refractivity contribution in [1.29, 1.82) is 0 Å². The molecule has 0 amide bonds. The summed E-state index contributed by atoms with van der Waals surface area (Å²) in [5.41, 5.74) is 0. The van der Waals surface area contributed by atoms with Crippen LogP contribution in [-0.4, -0.2) is 158 Å². The number of rotatable bonds is 37. The Hall–Kier alpha value is -0.970. The van der Waals surface area contributed by atoms with Crippen LogP contribution in [0.4, 0.5) is 0 Å². The van der Waals surface area contributed by atoms with E-state index < -0.39 is 0 Å². The van der Waals surface area contributed by atoms with E-state index in [0.717, 1.165) is 19.3 Å². The second kappa shape index (κ2) is 38.1. The number of hydrogen-bond acceptors (Lipinski definition) is 13. The monoisotopic (exact) mass is 614 g/mol. The number of ether oxygens (including phenoxy) is 12. The SMILES string of the molecule is CCCCCC(=O)OCCOCCOCCOCCOCCOCCOCCOCCOCCOCCOCCOC. The Morgan fingerprint density at radius 1 is 0.381 bits per heavy atom. The Bertz CT molecular complexity index is 514. The average molecular weight is 615 g/mol. The highest BCUT2D eigenvalue weighted by atomic mass is 16.6. The van der Waals surface area contributed by atoms with Crippen LogP contribution in [0.25, 0.3) is 0 Å². The third-order valence-electron chi connectivity index (χ3n) is 5.26. The summed E-state index contributed by atoms with van der Waals surface area (Å²) in [6.07, 6.45) is 3.50. The van der Waals surface area contributed by atoms with E-state index in [1.54, 1.807) is 7.11 Å². The standard InChI is InChI=1S/C29H58O13/c1-3-4-5-6-29(30)42-28-27-41-26-25-40-24-23-39-22-21-38-20-19-37-18-17-36-16-15-35-14-13-34-12-11-33-10-9-32-8-7-31-2/h3-28H2,1-2H3. The van der Waals surface area contributed by atoms with E-state index in [2.05, 4.69) is 6.92 Å². The first kappa shape index (κ1) is 41.0. The molecule has 0 spiro atoms. The Balaban J connectivity index is 3.06. The molecule has 0 rings (SSSR count). The number of hydrogen-bond donors (Lipinski definition) is 0. The van der Waals surface area contributed by atoms with Gasteiger partial charge in [0.15, 0.2) is 0 Å². The first-order valence-corrected chi connectivity index (χ1v) is 15.2. The fourth-order valence-electron chi connectivity index (χ4n) is 3.03. The van der Waals surface area contributed by atoms with E-state index >= 15 is 0 Å². The van der Waals surface area contributed by atoms with E-state index in [1.807, 2.05) is 0 Å². The van der Waals surface area contributed by atoms with Gasteiger partial charge in [-0.15, -0.1) is 0 Å². The summed E-state index contributed by atoms with van der Waals surface area (Å²) in [4.78, 5) is 11.4. The molecular weight excluding hydrogens is 556 g/mol.